The van der Waals surface area contributed by atoms with Crippen molar-refractivity contribution in [1.29, 1.82) is 0 Å². The Morgan fingerprint density at radius 2 is 1.87 bits per heavy atom. The summed E-state index contributed by atoms with van der Waals surface area (Å²) in [4.78, 5) is 24.3. The Balaban J connectivity index is 2.39. The maximum absolute atomic E-state index is 15.2. The lowest BCUT2D eigenvalue weighted by atomic mass is 9.97. The van der Waals surface area contributed by atoms with Crippen molar-refractivity contribution in [3.05, 3.63) is 40.6 Å². The zero-order valence-corrected chi connectivity index (χ0v) is 17.6. The molecule has 160 valence electrons. The van der Waals surface area contributed by atoms with Crippen LogP contribution < -0.4 is 0 Å². The van der Waals surface area contributed by atoms with Gasteiger partial charge in [0.15, 0.2) is 0 Å². The number of methoxy groups -OCH3 is 2. The van der Waals surface area contributed by atoms with Crippen molar-refractivity contribution in [3.8, 4) is 11.1 Å². The van der Waals surface area contributed by atoms with Gasteiger partial charge in [0.05, 0.1) is 32.0 Å². The number of ether oxygens (including phenoxy) is 2. The predicted molar refractivity (Wildman–Crippen MR) is 107 cm³/mol. The number of rotatable bonds is 6. The number of hydrogen-bond acceptors (Lipinski definition) is 6. The fourth-order valence-electron chi connectivity index (χ4n) is 3.89. The number of hydrogen-bond donors (Lipinski definition) is 1. The summed E-state index contributed by atoms with van der Waals surface area (Å²) in [5.74, 6) is -1.52. The third-order valence-corrected chi connectivity index (χ3v) is 5.40. The number of carbonyl (C=O) groups excluding carboxylic acids is 2. The van der Waals surface area contributed by atoms with Crippen molar-refractivity contribution >= 4 is 22.8 Å². The van der Waals surface area contributed by atoms with Crippen LogP contribution in [0.25, 0.3) is 22.0 Å². The number of fused-ring (bicyclic) bond motifs is 1. The molecule has 0 aliphatic rings. The van der Waals surface area contributed by atoms with Crippen LogP contribution in [0, 0.1) is 12.7 Å². The molecule has 0 unspecified atom stereocenters. The highest BCUT2D eigenvalue weighted by atomic mass is 19.1. The van der Waals surface area contributed by atoms with Gasteiger partial charge in [-0.25, -0.2) is 9.18 Å². The first-order chi connectivity index (χ1) is 14.3. The van der Waals surface area contributed by atoms with E-state index in [1.165, 1.54) is 20.3 Å². The van der Waals surface area contributed by atoms with Crippen LogP contribution in [0.4, 0.5) is 4.39 Å². The molecule has 8 nitrogen and oxygen atoms in total. The summed E-state index contributed by atoms with van der Waals surface area (Å²) < 4.78 is 28.0. The number of benzene rings is 1. The minimum absolute atomic E-state index is 0.0557. The zero-order chi connectivity index (χ0) is 22.2. The van der Waals surface area contributed by atoms with E-state index in [-0.39, 0.29) is 30.7 Å². The Labute approximate surface area is 172 Å². The summed E-state index contributed by atoms with van der Waals surface area (Å²) >= 11 is 0. The van der Waals surface area contributed by atoms with E-state index in [0.29, 0.717) is 33.4 Å². The predicted octanol–water partition coefficient (Wildman–Crippen LogP) is 2.41. The highest BCUT2D eigenvalue weighted by Gasteiger charge is 2.28. The molecule has 0 saturated carbocycles. The highest BCUT2D eigenvalue weighted by Crippen LogP contribution is 2.39. The largest absolute Gasteiger partial charge is 0.469 e. The second kappa shape index (κ2) is 8.27. The van der Waals surface area contributed by atoms with E-state index in [2.05, 4.69) is 5.10 Å². The van der Waals surface area contributed by atoms with Crippen molar-refractivity contribution in [2.75, 3.05) is 14.2 Å². The molecule has 1 N–H and O–H groups in total. The van der Waals surface area contributed by atoms with Crippen molar-refractivity contribution < 1.29 is 28.6 Å². The Morgan fingerprint density at radius 3 is 2.47 bits per heavy atom. The Bertz CT molecular complexity index is 1150. The molecule has 0 aliphatic heterocycles. The molecule has 0 radical (unpaired) electrons. The smallest absolute Gasteiger partial charge is 0.354 e. The maximum atomic E-state index is 15.2. The molecule has 3 rings (SSSR count). The van der Waals surface area contributed by atoms with E-state index >= 15 is 4.39 Å². The second-order valence-corrected chi connectivity index (χ2v) is 6.96. The summed E-state index contributed by atoms with van der Waals surface area (Å²) in [5, 5.41) is 14.7. The summed E-state index contributed by atoms with van der Waals surface area (Å²) in [5.41, 5.74) is 2.97. The fourth-order valence-corrected chi connectivity index (χ4v) is 3.89. The quantitative estimate of drug-likeness (QED) is 0.619. The van der Waals surface area contributed by atoms with E-state index < -0.39 is 17.8 Å². The van der Waals surface area contributed by atoms with Crippen LogP contribution >= 0.6 is 0 Å². The SMILES string of the molecule is COC(=O)CCc1c(C(=O)OC)n(C)c2c(-c3c(CO)nn(C)c3C)c(F)ccc12. The molecule has 0 saturated heterocycles. The van der Waals surface area contributed by atoms with Crippen LogP contribution in [0.5, 0.6) is 0 Å². The van der Waals surface area contributed by atoms with E-state index in [9.17, 15) is 14.7 Å². The molecule has 9 heteroatoms. The number of aliphatic hydroxyl groups excluding tert-OH is 1. The minimum atomic E-state index is -0.592. The maximum Gasteiger partial charge on any atom is 0.354 e. The Hall–Kier alpha value is -3.20. The van der Waals surface area contributed by atoms with Gasteiger partial charge in [-0.2, -0.15) is 5.10 Å². The highest BCUT2D eigenvalue weighted by molar-refractivity contribution is 6.05. The lowest BCUT2D eigenvalue weighted by molar-refractivity contribution is -0.140. The summed E-state index contributed by atoms with van der Waals surface area (Å²) in [6.07, 6.45) is 0.276. The third kappa shape index (κ3) is 3.35. The van der Waals surface area contributed by atoms with Gasteiger partial charge in [-0.3, -0.25) is 9.48 Å². The molecule has 0 amide bonds. The van der Waals surface area contributed by atoms with E-state index in [1.54, 1.807) is 36.3 Å². The molecule has 2 heterocycles. The molecule has 1 aromatic carbocycles. The molecule has 2 aromatic heterocycles. The molecule has 0 atom stereocenters. The molecule has 0 bridgehead atoms. The van der Waals surface area contributed by atoms with Crippen molar-refractivity contribution in [2.45, 2.75) is 26.4 Å². The number of aromatic nitrogens is 3. The van der Waals surface area contributed by atoms with Crippen LogP contribution in [0.15, 0.2) is 12.1 Å². The number of esters is 2. The summed E-state index contributed by atoms with van der Waals surface area (Å²) in [7, 11) is 5.91. The summed E-state index contributed by atoms with van der Waals surface area (Å²) in [6, 6.07) is 2.89. The second-order valence-electron chi connectivity index (χ2n) is 6.96. The van der Waals surface area contributed by atoms with Crippen molar-refractivity contribution in [1.82, 2.24) is 14.3 Å². The van der Waals surface area contributed by atoms with Gasteiger partial charge >= 0.3 is 11.9 Å². The van der Waals surface area contributed by atoms with Crippen molar-refractivity contribution in [3.63, 3.8) is 0 Å². The van der Waals surface area contributed by atoms with Gasteiger partial charge in [0, 0.05) is 42.7 Å². The average molecular weight is 417 g/mol. The lowest BCUT2D eigenvalue weighted by Gasteiger charge is -2.10. The number of carbonyl (C=O) groups is 2. The van der Waals surface area contributed by atoms with Gasteiger partial charge in [0.2, 0.25) is 0 Å². The standard InChI is InChI=1S/C21H24FN3O5/c1-11-17(15(10-26)23-25(11)3)18-14(22)8-6-12-13(7-9-16(27)29-4)20(21(28)30-5)24(2)19(12)18/h6,8,26H,7,9-10H2,1-5H3. The minimum Gasteiger partial charge on any atom is -0.469 e. The Morgan fingerprint density at radius 1 is 1.17 bits per heavy atom. The molecule has 0 spiro atoms. The number of aryl methyl sites for hydroxylation is 3. The zero-order valence-electron chi connectivity index (χ0n) is 17.6. The number of aliphatic hydroxyl groups is 1. The number of halogens is 1. The monoisotopic (exact) mass is 417 g/mol. The van der Waals surface area contributed by atoms with Gasteiger partial charge < -0.3 is 19.1 Å². The fraction of sp³-hybridized carbons (Fsp3) is 0.381. The van der Waals surface area contributed by atoms with Crippen molar-refractivity contribution in [2.24, 2.45) is 14.1 Å². The summed E-state index contributed by atoms with van der Waals surface area (Å²) in [6.45, 7) is 1.42. The Kier molecular flexibility index (Phi) is 5.93. The van der Waals surface area contributed by atoms with E-state index in [1.807, 2.05) is 0 Å². The van der Waals surface area contributed by atoms with Crippen LogP contribution in [0.1, 0.15) is 33.9 Å². The normalized spacial score (nSPS) is 11.2. The first-order valence-electron chi connectivity index (χ1n) is 9.35. The third-order valence-electron chi connectivity index (χ3n) is 5.40. The first kappa shape index (κ1) is 21.5. The van der Waals surface area contributed by atoms with E-state index in [0.717, 1.165) is 0 Å². The van der Waals surface area contributed by atoms with Crippen LogP contribution in [0.2, 0.25) is 0 Å². The van der Waals surface area contributed by atoms with Crippen LogP contribution in [-0.2, 0) is 41.4 Å². The lowest BCUT2D eigenvalue weighted by Crippen LogP contribution is -2.11. The van der Waals surface area contributed by atoms with E-state index in [4.69, 9.17) is 9.47 Å². The van der Waals surface area contributed by atoms with Gasteiger partial charge in [-0.15, -0.1) is 0 Å². The molecular formula is C21H24FN3O5. The van der Waals surface area contributed by atoms with Gasteiger partial charge in [-0.05, 0) is 31.0 Å². The topological polar surface area (TPSA) is 95.6 Å². The molecule has 0 aliphatic carbocycles. The first-order valence-corrected chi connectivity index (χ1v) is 9.35. The van der Waals surface area contributed by atoms with Crippen LogP contribution in [0.3, 0.4) is 0 Å². The molecule has 0 fully saturated rings. The van der Waals surface area contributed by atoms with Gasteiger partial charge in [-0.1, -0.05) is 0 Å². The van der Waals surface area contributed by atoms with Gasteiger partial charge in [0.25, 0.3) is 0 Å². The molecular weight excluding hydrogens is 393 g/mol. The molecule has 3 aromatic rings. The van der Waals surface area contributed by atoms with Crippen LogP contribution in [-0.4, -0.2) is 45.6 Å². The molecule has 30 heavy (non-hydrogen) atoms. The van der Waals surface area contributed by atoms with Gasteiger partial charge in [0.1, 0.15) is 11.5 Å². The average Bonchev–Trinajstić information content (AvgIpc) is 3.19. The number of nitrogens with zero attached hydrogens (tertiary/aromatic N) is 3.